The molecular formula is C14H22N2O. The quantitative estimate of drug-likeness (QED) is 0.768. The van der Waals surface area contributed by atoms with Gasteiger partial charge in [-0.2, -0.15) is 0 Å². The lowest BCUT2D eigenvalue weighted by molar-refractivity contribution is 0.0602. The second kappa shape index (κ2) is 6.72. The Hall–Kier alpha value is -0.930. The van der Waals surface area contributed by atoms with Crippen LogP contribution in [0.15, 0.2) is 18.3 Å². The van der Waals surface area contributed by atoms with Gasteiger partial charge in [-0.25, -0.2) is 0 Å². The topological polar surface area (TPSA) is 34.2 Å². The first-order chi connectivity index (χ1) is 8.36. The summed E-state index contributed by atoms with van der Waals surface area (Å²) in [7, 11) is 0. The largest absolute Gasteiger partial charge is 0.377 e. The molecule has 1 aliphatic rings. The molecule has 3 heteroatoms. The van der Waals surface area contributed by atoms with Crippen LogP contribution in [0.4, 0.5) is 0 Å². The third kappa shape index (κ3) is 4.10. The summed E-state index contributed by atoms with van der Waals surface area (Å²) in [5.41, 5.74) is 2.38. The van der Waals surface area contributed by atoms with E-state index in [2.05, 4.69) is 23.3 Å². The Bertz CT molecular complexity index is 335. The van der Waals surface area contributed by atoms with Gasteiger partial charge < -0.3 is 10.1 Å². The molecule has 0 radical (unpaired) electrons. The number of nitrogens with zero attached hydrogens (tertiary/aromatic N) is 1. The molecule has 1 aromatic heterocycles. The summed E-state index contributed by atoms with van der Waals surface area (Å²) in [6.45, 7) is 4.66. The predicted octanol–water partition coefficient (Wildman–Crippen LogP) is 2.44. The van der Waals surface area contributed by atoms with E-state index in [1.165, 1.54) is 31.2 Å². The molecule has 0 aliphatic heterocycles. The molecular weight excluding hydrogens is 212 g/mol. The molecule has 0 atom stereocenters. The first-order valence-corrected chi connectivity index (χ1v) is 6.59. The molecule has 0 saturated heterocycles. The minimum absolute atomic E-state index is 0.522. The van der Waals surface area contributed by atoms with Gasteiger partial charge in [0, 0.05) is 19.3 Å². The van der Waals surface area contributed by atoms with Gasteiger partial charge >= 0.3 is 0 Å². The van der Waals surface area contributed by atoms with Crippen LogP contribution >= 0.6 is 0 Å². The third-order valence-corrected chi connectivity index (χ3v) is 3.34. The van der Waals surface area contributed by atoms with Crippen LogP contribution in [-0.4, -0.2) is 24.2 Å². The highest BCUT2D eigenvalue weighted by molar-refractivity contribution is 5.17. The Morgan fingerprint density at radius 3 is 3.00 bits per heavy atom. The average molecular weight is 234 g/mol. The summed E-state index contributed by atoms with van der Waals surface area (Å²) in [6, 6.07) is 4.07. The lowest BCUT2D eigenvalue weighted by Gasteiger charge is -2.11. The molecule has 0 spiro atoms. The van der Waals surface area contributed by atoms with Crippen molar-refractivity contribution in [3.8, 4) is 0 Å². The van der Waals surface area contributed by atoms with Crippen LogP contribution in [-0.2, 0) is 11.3 Å². The number of hydrogen-bond donors (Lipinski definition) is 1. The van der Waals surface area contributed by atoms with Gasteiger partial charge in [0.25, 0.3) is 0 Å². The van der Waals surface area contributed by atoms with Crippen LogP contribution in [0.3, 0.4) is 0 Å². The summed E-state index contributed by atoms with van der Waals surface area (Å²) >= 11 is 0. The maximum absolute atomic E-state index is 5.79. The first-order valence-electron chi connectivity index (χ1n) is 6.59. The van der Waals surface area contributed by atoms with E-state index in [0.29, 0.717) is 6.10 Å². The lowest BCUT2D eigenvalue weighted by Crippen LogP contribution is -2.22. The van der Waals surface area contributed by atoms with E-state index in [1.807, 2.05) is 12.3 Å². The van der Waals surface area contributed by atoms with E-state index < -0.39 is 0 Å². The number of aryl methyl sites for hydroxylation is 1. The Morgan fingerprint density at radius 1 is 1.41 bits per heavy atom. The van der Waals surface area contributed by atoms with E-state index >= 15 is 0 Å². The van der Waals surface area contributed by atoms with Crippen molar-refractivity contribution in [3.63, 3.8) is 0 Å². The molecule has 1 saturated carbocycles. The molecule has 0 aromatic carbocycles. The minimum atomic E-state index is 0.522. The van der Waals surface area contributed by atoms with Crippen LogP contribution in [0.5, 0.6) is 0 Å². The monoisotopic (exact) mass is 234 g/mol. The maximum atomic E-state index is 5.79. The Morgan fingerprint density at radius 2 is 2.24 bits per heavy atom. The standard InChI is InChI=1S/C14H22N2O/c1-12-5-4-8-16-14(12)11-15-9-10-17-13-6-2-3-7-13/h4-5,8,13,15H,2-3,6-7,9-11H2,1H3. The number of hydrogen-bond acceptors (Lipinski definition) is 3. The molecule has 0 unspecified atom stereocenters. The molecule has 1 fully saturated rings. The summed E-state index contributed by atoms with van der Waals surface area (Å²) in [5, 5.41) is 3.38. The number of nitrogens with one attached hydrogen (secondary N) is 1. The number of pyridine rings is 1. The molecule has 3 nitrogen and oxygen atoms in total. The van der Waals surface area contributed by atoms with Crippen molar-refractivity contribution < 1.29 is 4.74 Å². The van der Waals surface area contributed by atoms with Crippen molar-refractivity contribution in [3.05, 3.63) is 29.6 Å². The van der Waals surface area contributed by atoms with Gasteiger partial charge in [0.15, 0.2) is 0 Å². The Labute approximate surface area is 104 Å². The van der Waals surface area contributed by atoms with Crippen LogP contribution in [0.2, 0.25) is 0 Å². The minimum Gasteiger partial charge on any atom is -0.377 e. The van der Waals surface area contributed by atoms with Crippen LogP contribution in [0.1, 0.15) is 36.9 Å². The second-order valence-corrected chi connectivity index (χ2v) is 4.72. The number of aromatic nitrogens is 1. The summed E-state index contributed by atoms with van der Waals surface area (Å²) < 4.78 is 5.79. The molecule has 0 bridgehead atoms. The third-order valence-electron chi connectivity index (χ3n) is 3.34. The van der Waals surface area contributed by atoms with E-state index in [-0.39, 0.29) is 0 Å². The molecule has 17 heavy (non-hydrogen) atoms. The zero-order chi connectivity index (χ0) is 11.9. The lowest BCUT2D eigenvalue weighted by atomic mass is 10.2. The number of rotatable bonds is 6. The van der Waals surface area contributed by atoms with Crippen LogP contribution < -0.4 is 5.32 Å². The van der Waals surface area contributed by atoms with Crippen LogP contribution in [0.25, 0.3) is 0 Å². The van der Waals surface area contributed by atoms with E-state index in [4.69, 9.17) is 4.74 Å². The molecule has 0 amide bonds. The summed E-state index contributed by atoms with van der Waals surface area (Å²) in [4.78, 5) is 4.35. The zero-order valence-corrected chi connectivity index (χ0v) is 10.6. The second-order valence-electron chi connectivity index (χ2n) is 4.72. The first kappa shape index (κ1) is 12.5. The summed E-state index contributed by atoms with van der Waals surface area (Å²) in [5.74, 6) is 0. The predicted molar refractivity (Wildman–Crippen MR) is 68.9 cm³/mol. The van der Waals surface area contributed by atoms with Gasteiger partial charge in [-0.1, -0.05) is 18.9 Å². The van der Waals surface area contributed by atoms with Gasteiger partial charge in [0.05, 0.1) is 18.4 Å². The van der Waals surface area contributed by atoms with Crippen molar-refractivity contribution in [1.82, 2.24) is 10.3 Å². The Balaban J connectivity index is 1.58. The number of ether oxygens (including phenoxy) is 1. The summed E-state index contributed by atoms with van der Waals surface area (Å²) in [6.07, 6.45) is 7.54. The molecule has 1 aromatic rings. The van der Waals surface area contributed by atoms with Gasteiger partial charge in [-0.15, -0.1) is 0 Å². The fraction of sp³-hybridized carbons (Fsp3) is 0.643. The smallest absolute Gasteiger partial charge is 0.0594 e. The average Bonchev–Trinajstić information content (AvgIpc) is 2.84. The Kier molecular flexibility index (Phi) is 4.95. The van der Waals surface area contributed by atoms with Crippen molar-refractivity contribution in [2.75, 3.05) is 13.2 Å². The zero-order valence-electron chi connectivity index (χ0n) is 10.6. The fourth-order valence-electron chi connectivity index (χ4n) is 2.26. The normalized spacial score (nSPS) is 16.5. The molecule has 1 aliphatic carbocycles. The van der Waals surface area contributed by atoms with Crippen molar-refractivity contribution in [2.24, 2.45) is 0 Å². The SMILES string of the molecule is Cc1cccnc1CNCCOC1CCCC1. The van der Waals surface area contributed by atoms with Gasteiger partial charge in [0.1, 0.15) is 0 Å². The highest BCUT2D eigenvalue weighted by atomic mass is 16.5. The van der Waals surface area contributed by atoms with Crippen LogP contribution in [0, 0.1) is 6.92 Å². The van der Waals surface area contributed by atoms with E-state index in [9.17, 15) is 0 Å². The molecule has 1 heterocycles. The van der Waals surface area contributed by atoms with Crippen molar-refractivity contribution in [2.45, 2.75) is 45.3 Å². The molecule has 94 valence electrons. The van der Waals surface area contributed by atoms with Gasteiger partial charge in [-0.3, -0.25) is 4.98 Å². The van der Waals surface area contributed by atoms with Gasteiger partial charge in [-0.05, 0) is 31.4 Å². The highest BCUT2D eigenvalue weighted by Gasteiger charge is 2.14. The van der Waals surface area contributed by atoms with Gasteiger partial charge in [0.2, 0.25) is 0 Å². The molecule has 1 N–H and O–H groups in total. The van der Waals surface area contributed by atoms with Crippen molar-refractivity contribution >= 4 is 0 Å². The fourth-order valence-corrected chi connectivity index (χ4v) is 2.26. The van der Waals surface area contributed by atoms with E-state index in [1.54, 1.807) is 0 Å². The molecule has 2 rings (SSSR count). The maximum Gasteiger partial charge on any atom is 0.0594 e. The van der Waals surface area contributed by atoms with E-state index in [0.717, 1.165) is 25.4 Å². The van der Waals surface area contributed by atoms with Crippen molar-refractivity contribution in [1.29, 1.82) is 0 Å². The highest BCUT2D eigenvalue weighted by Crippen LogP contribution is 2.20.